The van der Waals surface area contributed by atoms with E-state index in [0.717, 1.165) is 31.6 Å². The summed E-state index contributed by atoms with van der Waals surface area (Å²) in [5.41, 5.74) is 0.326. The van der Waals surface area contributed by atoms with E-state index in [2.05, 4.69) is 10.4 Å². The Hall–Kier alpha value is -1.79. The van der Waals surface area contributed by atoms with E-state index in [0.29, 0.717) is 35.1 Å². The van der Waals surface area contributed by atoms with Crippen LogP contribution in [0, 0.1) is 0 Å². The van der Waals surface area contributed by atoms with Crippen molar-refractivity contribution in [2.45, 2.75) is 38.8 Å². The van der Waals surface area contributed by atoms with Crippen LogP contribution >= 0.6 is 23.2 Å². The maximum atomic E-state index is 12.2. The molecule has 6 nitrogen and oxygen atoms in total. The first-order valence-corrected chi connectivity index (χ1v) is 8.71. The highest BCUT2D eigenvalue weighted by Crippen LogP contribution is 2.20. The molecule has 128 valence electrons. The van der Waals surface area contributed by atoms with E-state index in [4.69, 9.17) is 23.2 Å². The number of benzene rings is 1. The zero-order chi connectivity index (χ0) is 17.1. The predicted octanol–water partition coefficient (Wildman–Crippen LogP) is 2.51. The van der Waals surface area contributed by atoms with Gasteiger partial charge in [-0.05, 0) is 37.5 Å². The molecule has 1 amide bonds. The van der Waals surface area contributed by atoms with Crippen LogP contribution in [0.1, 0.15) is 35.4 Å². The van der Waals surface area contributed by atoms with Crippen molar-refractivity contribution in [2.24, 2.45) is 0 Å². The van der Waals surface area contributed by atoms with E-state index in [1.54, 1.807) is 16.7 Å². The normalized spacial score (nSPS) is 13.6. The van der Waals surface area contributed by atoms with Crippen molar-refractivity contribution in [1.29, 1.82) is 0 Å². The molecule has 0 saturated carbocycles. The number of rotatable bonds is 5. The Morgan fingerprint density at radius 2 is 2.12 bits per heavy atom. The molecule has 1 aromatic heterocycles. The molecule has 2 aromatic rings. The second-order valence-corrected chi connectivity index (χ2v) is 6.61. The Morgan fingerprint density at radius 3 is 2.88 bits per heavy atom. The van der Waals surface area contributed by atoms with E-state index in [9.17, 15) is 9.59 Å². The zero-order valence-electron chi connectivity index (χ0n) is 13.1. The third-order valence-corrected chi connectivity index (χ3v) is 4.59. The molecule has 0 fully saturated rings. The van der Waals surface area contributed by atoms with Crippen LogP contribution in [0.25, 0.3) is 0 Å². The van der Waals surface area contributed by atoms with E-state index in [1.807, 2.05) is 0 Å². The number of nitrogens with one attached hydrogen (secondary N) is 1. The van der Waals surface area contributed by atoms with Crippen molar-refractivity contribution in [1.82, 2.24) is 19.7 Å². The Kier molecular flexibility index (Phi) is 5.26. The fraction of sp³-hybridized carbons (Fsp3) is 0.438. The predicted molar refractivity (Wildman–Crippen MR) is 92.8 cm³/mol. The van der Waals surface area contributed by atoms with Gasteiger partial charge in [0.25, 0.3) is 5.91 Å². The highest BCUT2D eigenvalue weighted by Gasteiger charge is 2.16. The summed E-state index contributed by atoms with van der Waals surface area (Å²) >= 11 is 11.8. The summed E-state index contributed by atoms with van der Waals surface area (Å²) in [7, 11) is 0. The summed E-state index contributed by atoms with van der Waals surface area (Å²) in [6, 6.07) is 4.75. The number of aromatic nitrogens is 3. The highest BCUT2D eigenvalue weighted by atomic mass is 35.5. The largest absolute Gasteiger partial charge is 0.352 e. The zero-order valence-corrected chi connectivity index (χ0v) is 14.6. The van der Waals surface area contributed by atoms with Crippen molar-refractivity contribution in [3.8, 4) is 0 Å². The molecule has 24 heavy (non-hydrogen) atoms. The molecule has 0 saturated heterocycles. The average molecular weight is 369 g/mol. The van der Waals surface area contributed by atoms with E-state index >= 15 is 0 Å². The Labute approximate surface area is 149 Å². The molecule has 0 radical (unpaired) electrons. The van der Waals surface area contributed by atoms with Crippen molar-refractivity contribution in [2.75, 3.05) is 6.54 Å². The average Bonchev–Trinajstić information content (AvgIpc) is 2.88. The Balaban J connectivity index is 1.53. The van der Waals surface area contributed by atoms with Crippen LogP contribution in [0.3, 0.4) is 0 Å². The van der Waals surface area contributed by atoms with Crippen LogP contribution in [-0.2, 0) is 19.5 Å². The van der Waals surface area contributed by atoms with Gasteiger partial charge < -0.3 is 5.32 Å². The first kappa shape index (κ1) is 17.0. The van der Waals surface area contributed by atoms with Gasteiger partial charge in [0.05, 0.1) is 10.6 Å². The molecule has 2 heterocycles. The van der Waals surface area contributed by atoms with Crippen LogP contribution in [0.15, 0.2) is 23.0 Å². The second-order valence-electron chi connectivity index (χ2n) is 5.76. The van der Waals surface area contributed by atoms with Gasteiger partial charge in [-0.2, -0.15) is 5.10 Å². The molecule has 0 spiro atoms. The molecule has 0 atom stereocenters. The lowest BCUT2D eigenvalue weighted by molar-refractivity contribution is 0.0952. The lowest BCUT2D eigenvalue weighted by Gasteiger charge is -2.09. The monoisotopic (exact) mass is 368 g/mol. The summed E-state index contributed by atoms with van der Waals surface area (Å²) in [5, 5.41) is 7.97. The number of carbonyl (C=O) groups excluding carboxylic acids is 1. The fourth-order valence-corrected chi connectivity index (χ4v) is 3.29. The van der Waals surface area contributed by atoms with Gasteiger partial charge in [-0.15, -0.1) is 0 Å². The van der Waals surface area contributed by atoms with Crippen LogP contribution < -0.4 is 11.0 Å². The van der Waals surface area contributed by atoms with E-state index < -0.39 is 0 Å². The summed E-state index contributed by atoms with van der Waals surface area (Å²) in [4.78, 5) is 24.3. The molecule has 3 rings (SSSR count). The third-order valence-electron chi connectivity index (χ3n) is 4.04. The number of hydrogen-bond donors (Lipinski definition) is 1. The lowest BCUT2D eigenvalue weighted by atomic mass is 10.2. The van der Waals surface area contributed by atoms with Crippen molar-refractivity contribution < 1.29 is 4.79 Å². The molecule has 0 unspecified atom stereocenters. The smallest absolute Gasteiger partial charge is 0.345 e. The topological polar surface area (TPSA) is 68.9 Å². The minimum Gasteiger partial charge on any atom is -0.352 e. The maximum Gasteiger partial charge on any atom is 0.345 e. The number of aryl methyl sites for hydroxylation is 2. The second kappa shape index (κ2) is 7.40. The first-order valence-electron chi connectivity index (χ1n) is 7.96. The van der Waals surface area contributed by atoms with E-state index in [-0.39, 0.29) is 11.6 Å². The van der Waals surface area contributed by atoms with Gasteiger partial charge >= 0.3 is 5.69 Å². The molecule has 0 bridgehead atoms. The summed E-state index contributed by atoms with van der Waals surface area (Å²) in [5.74, 6) is 0.608. The molecule has 1 aliphatic heterocycles. The third kappa shape index (κ3) is 3.65. The Morgan fingerprint density at radius 1 is 1.29 bits per heavy atom. The minimum absolute atomic E-state index is 0.0585. The van der Waals surface area contributed by atoms with Crippen LogP contribution in [0.4, 0.5) is 0 Å². The molecule has 1 N–H and O–H groups in total. The van der Waals surface area contributed by atoms with Gasteiger partial charge in [0.2, 0.25) is 0 Å². The molecular formula is C16H18Cl2N4O2. The van der Waals surface area contributed by atoms with Gasteiger partial charge in [-0.1, -0.05) is 23.2 Å². The number of halogens is 2. The summed E-state index contributed by atoms with van der Waals surface area (Å²) < 4.78 is 3.23. The van der Waals surface area contributed by atoms with Crippen molar-refractivity contribution >= 4 is 29.1 Å². The number of hydrogen-bond acceptors (Lipinski definition) is 3. The molecule has 1 aromatic carbocycles. The van der Waals surface area contributed by atoms with Crippen LogP contribution in [0.5, 0.6) is 0 Å². The molecule has 8 heteroatoms. The highest BCUT2D eigenvalue weighted by molar-refractivity contribution is 6.36. The van der Waals surface area contributed by atoms with Gasteiger partial charge in [-0.25, -0.2) is 9.48 Å². The molecule has 1 aliphatic rings. The standard InChI is InChI=1S/C16H18Cl2N4O2/c17-11-5-6-12(13(18)10-11)15(23)19-7-3-9-22-16(24)21-8-2-1-4-14(21)20-22/h5-6,10H,1-4,7-9H2,(H,19,23). The number of amides is 1. The van der Waals surface area contributed by atoms with Gasteiger partial charge in [0, 0.05) is 31.1 Å². The fourth-order valence-electron chi connectivity index (χ4n) is 2.79. The molecular weight excluding hydrogens is 351 g/mol. The molecule has 0 aliphatic carbocycles. The Bertz CT molecular complexity index is 813. The first-order chi connectivity index (χ1) is 11.6. The van der Waals surface area contributed by atoms with Crippen LogP contribution in [0.2, 0.25) is 10.0 Å². The van der Waals surface area contributed by atoms with Crippen LogP contribution in [-0.4, -0.2) is 26.8 Å². The number of fused-ring (bicyclic) bond motifs is 1. The summed E-state index contributed by atoms with van der Waals surface area (Å²) in [6.07, 6.45) is 3.58. The van der Waals surface area contributed by atoms with Gasteiger partial charge in [-0.3, -0.25) is 9.36 Å². The lowest BCUT2D eigenvalue weighted by Crippen LogP contribution is -2.29. The van der Waals surface area contributed by atoms with Gasteiger partial charge in [0.15, 0.2) is 0 Å². The quantitative estimate of drug-likeness (QED) is 0.824. The minimum atomic E-state index is -0.256. The van der Waals surface area contributed by atoms with Crippen molar-refractivity contribution in [3.63, 3.8) is 0 Å². The number of carbonyl (C=O) groups is 1. The SMILES string of the molecule is O=C(NCCCn1nc2n(c1=O)CCCC2)c1ccc(Cl)cc1Cl. The maximum absolute atomic E-state index is 12.2. The van der Waals surface area contributed by atoms with E-state index in [1.165, 1.54) is 10.7 Å². The summed E-state index contributed by atoms with van der Waals surface area (Å²) in [6.45, 7) is 1.67. The van der Waals surface area contributed by atoms with Crippen molar-refractivity contribution in [3.05, 3.63) is 50.1 Å². The van der Waals surface area contributed by atoms with Gasteiger partial charge in [0.1, 0.15) is 5.82 Å². The number of nitrogens with zero attached hydrogens (tertiary/aromatic N) is 3.